The van der Waals surface area contributed by atoms with Crippen LogP contribution in [0.15, 0.2) is 36.9 Å². The van der Waals surface area contributed by atoms with Gasteiger partial charge in [-0.2, -0.15) is 0 Å². The van der Waals surface area contributed by atoms with Gasteiger partial charge in [0.05, 0.1) is 25.7 Å². The van der Waals surface area contributed by atoms with Gasteiger partial charge in [0.25, 0.3) is 0 Å². The minimum Gasteiger partial charge on any atom is -0.493 e. The summed E-state index contributed by atoms with van der Waals surface area (Å²) in [6.07, 6.45) is 1.14. The van der Waals surface area contributed by atoms with Crippen molar-refractivity contribution in [1.82, 2.24) is 0 Å². The Hall–Kier alpha value is -2.01. The predicted molar refractivity (Wildman–Crippen MR) is 77.5 cm³/mol. The van der Waals surface area contributed by atoms with Crippen molar-refractivity contribution in [2.45, 2.75) is 6.92 Å². The van der Waals surface area contributed by atoms with Crippen LogP contribution in [0.25, 0.3) is 0 Å². The summed E-state index contributed by atoms with van der Waals surface area (Å²) >= 11 is 0. The molecular weight excluding hydrogens is 258 g/mol. The van der Waals surface area contributed by atoms with Crippen molar-refractivity contribution < 1.29 is 19.0 Å². The van der Waals surface area contributed by atoms with E-state index in [1.54, 1.807) is 24.3 Å². The Balaban J connectivity index is 2.44. The molecule has 0 fully saturated rings. The smallest absolute Gasteiger partial charge is 0.330 e. The molecule has 0 spiro atoms. The van der Waals surface area contributed by atoms with Crippen LogP contribution in [0.4, 0.5) is 5.69 Å². The summed E-state index contributed by atoms with van der Waals surface area (Å²) in [5.74, 6) is 0.242. The Kier molecular flexibility index (Phi) is 7.21. The monoisotopic (exact) mass is 279 g/mol. The number of carbonyl (C=O) groups is 1. The topological polar surface area (TPSA) is 70.8 Å². The van der Waals surface area contributed by atoms with Crippen LogP contribution in [0.5, 0.6) is 5.75 Å². The number of ether oxygens (including phenoxy) is 3. The molecule has 0 bridgehead atoms. The van der Waals surface area contributed by atoms with Gasteiger partial charge in [-0.15, -0.1) is 0 Å². The van der Waals surface area contributed by atoms with Gasteiger partial charge in [-0.05, 0) is 31.2 Å². The molecule has 1 rings (SSSR count). The molecule has 2 N–H and O–H groups in total. The van der Waals surface area contributed by atoms with Crippen LogP contribution in [-0.4, -0.2) is 32.4 Å². The van der Waals surface area contributed by atoms with E-state index in [0.717, 1.165) is 11.8 Å². The van der Waals surface area contributed by atoms with Gasteiger partial charge in [-0.1, -0.05) is 6.58 Å². The van der Waals surface area contributed by atoms with E-state index >= 15 is 0 Å². The molecule has 110 valence electrons. The van der Waals surface area contributed by atoms with Crippen LogP contribution in [0.1, 0.15) is 6.92 Å². The number of hydrogen-bond donors (Lipinski definition) is 1. The summed E-state index contributed by atoms with van der Waals surface area (Å²) in [6.45, 7) is 6.97. The highest BCUT2D eigenvalue weighted by molar-refractivity contribution is 5.81. The molecule has 0 aliphatic heterocycles. The lowest BCUT2D eigenvalue weighted by molar-refractivity contribution is -0.140. The lowest BCUT2D eigenvalue weighted by Crippen LogP contribution is -2.24. The first-order valence-electron chi connectivity index (χ1n) is 6.51. The van der Waals surface area contributed by atoms with Crippen LogP contribution in [0, 0.1) is 5.92 Å². The van der Waals surface area contributed by atoms with Crippen molar-refractivity contribution >= 4 is 11.7 Å². The first-order chi connectivity index (χ1) is 9.65. The summed E-state index contributed by atoms with van der Waals surface area (Å²) in [5, 5.41) is 0. The summed E-state index contributed by atoms with van der Waals surface area (Å²) in [4.78, 5) is 11.1. The van der Waals surface area contributed by atoms with Crippen LogP contribution in [0.3, 0.4) is 0 Å². The van der Waals surface area contributed by atoms with Gasteiger partial charge < -0.3 is 19.9 Å². The normalized spacial score (nSPS) is 11.7. The zero-order chi connectivity index (χ0) is 14.8. The zero-order valence-corrected chi connectivity index (χ0v) is 11.7. The first kappa shape index (κ1) is 16.0. The second-order valence-corrected chi connectivity index (χ2v) is 4.24. The fourth-order valence-electron chi connectivity index (χ4n) is 1.47. The Labute approximate surface area is 119 Å². The van der Waals surface area contributed by atoms with Crippen molar-refractivity contribution in [1.29, 1.82) is 0 Å². The largest absolute Gasteiger partial charge is 0.493 e. The molecule has 0 saturated carbocycles. The highest BCUT2D eigenvalue weighted by Gasteiger charge is 2.12. The molecule has 1 atom stereocenters. The number of hydrogen-bond acceptors (Lipinski definition) is 5. The fraction of sp³-hybridized carbons (Fsp3) is 0.400. The molecule has 20 heavy (non-hydrogen) atoms. The number of nitrogen functional groups attached to an aromatic ring is 1. The van der Waals surface area contributed by atoms with E-state index in [-0.39, 0.29) is 12.5 Å². The maximum absolute atomic E-state index is 11.1. The lowest BCUT2D eigenvalue weighted by atomic mass is 10.2. The van der Waals surface area contributed by atoms with E-state index in [9.17, 15) is 4.79 Å². The fourth-order valence-corrected chi connectivity index (χ4v) is 1.47. The van der Waals surface area contributed by atoms with E-state index < -0.39 is 5.97 Å². The quantitative estimate of drug-likeness (QED) is 0.425. The molecular formula is C15H21NO4. The van der Waals surface area contributed by atoms with Crippen LogP contribution in [0.2, 0.25) is 0 Å². The summed E-state index contributed by atoms with van der Waals surface area (Å²) in [6, 6.07) is 7.13. The number of carbonyl (C=O) groups excluding carboxylic acids is 1. The maximum atomic E-state index is 11.1. The SMILES string of the molecule is C=CC(=O)OCC(COCC)COc1ccc(N)cc1. The minimum absolute atomic E-state index is 0.0311. The van der Waals surface area contributed by atoms with Crippen molar-refractivity contribution in [2.75, 3.05) is 32.2 Å². The number of anilines is 1. The van der Waals surface area contributed by atoms with E-state index in [4.69, 9.17) is 19.9 Å². The maximum Gasteiger partial charge on any atom is 0.330 e. The van der Waals surface area contributed by atoms with Crippen LogP contribution >= 0.6 is 0 Å². The zero-order valence-electron chi connectivity index (χ0n) is 11.7. The Bertz CT molecular complexity index is 416. The van der Waals surface area contributed by atoms with Gasteiger partial charge in [-0.25, -0.2) is 4.79 Å². The average Bonchev–Trinajstić information content (AvgIpc) is 2.47. The molecule has 0 saturated heterocycles. The number of nitrogens with two attached hydrogens (primary N) is 1. The van der Waals surface area contributed by atoms with E-state index in [2.05, 4.69) is 6.58 Å². The standard InChI is InChI=1S/C15H21NO4/c1-3-15(17)20-11-12(9-18-4-2)10-19-14-7-5-13(16)6-8-14/h3,5-8,12H,1,4,9-11,16H2,2H3. The molecule has 1 unspecified atom stereocenters. The second kappa shape index (κ2) is 8.98. The molecule has 0 aliphatic carbocycles. The highest BCUT2D eigenvalue weighted by atomic mass is 16.5. The second-order valence-electron chi connectivity index (χ2n) is 4.24. The van der Waals surface area contributed by atoms with Gasteiger partial charge in [0.2, 0.25) is 0 Å². The van der Waals surface area contributed by atoms with E-state index in [0.29, 0.717) is 25.5 Å². The van der Waals surface area contributed by atoms with Crippen molar-refractivity contribution in [2.24, 2.45) is 5.92 Å². The molecule has 1 aromatic rings. The van der Waals surface area contributed by atoms with Crippen molar-refractivity contribution in [3.8, 4) is 5.75 Å². The first-order valence-corrected chi connectivity index (χ1v) is 6.51. The van der Waals surface area contributed by atoms with Gasteiger partial charge in [0, 0.05) is 18.4 Å². The van der Waals surface area contributed by atoms with Crippen LogP contribution < -0.4 is 10.5 Å². The molecule has 5 nitrogen and oxygen atoms in total. The molecule has 0 aromatic heterocycles. The van der Waals surface area contributed by atoms with Gasteiger partial charge in [0.15, 0.2) is 0 Å². The molecule has 0 radical (unpaired) electrons. The number of benzene rings is 1. The Morgan fingerprint density at radius 3 is 2.60 bits per heavy atom. The summed E-state index contributed by atoms with van der Waals surface area (Å²) < 4.78 is 16.0. The Morgan fingerprint density at radius 1 is 1.30 bits per heavy atom. The molecule has 5 heteroatoms. The average molecular weight is 279 g/mol. The third-order valence-electron chi connectivity index (χ3n) is 2.55. The van der Waals surface area contributed by atoms with Gasteiger partial charge in [-0.3, -0.25) is 0 Å². The number of esters is 1. The van der Waals surface area contributed by atoms with Crippen LogP contribution in [-0.2, 0) is 14.3 Å². The number of rotatable bonds is 9. The molecule has 0 aliphatic rings. The third kappa shape index (κ3) is 6.24. The van der Waals surface area contributed by atoms with Gasteiger partial charge in [0.1, 0.15) is 5.75 Å². The highest BCUT2D eigenvalue weighted by Crippen LogP contribution is 2.14. The Morgan fingerprint density at radius 2 is 2.00 bits per heavy atom. The minimum atomic E-state index is -0.445. The third-order valence-corrected chi connectivity index (χ3v) is 2.55. The van der Waals surface area contributed by atoms with Crippen molar-refractivity contribution in [3.05, 3.63) is 36.9 Å². The molecule has 0 heterocycles. The summed E-state index contributed by atoms with van der Waals surface area (Å²) in [5.41, 5.74) is 6.29. The van der Waals surface area contributed by atoms with E-state index in [1.807, 2.05) is 6.92 Å². The lowest BCUT2D eigenvalue weighted by Gasteiger charge is -2.17. The molecule has 1 aromatic carbocycles. The predicted octanol–water partition coefficient (Wildman–Crippen LogP) is 2.03. The van der Waals surface area contributed by atoms with E-state index in [1.165, 1.54) is 0 Å². The summed E-state index contributed by atoms with van der Waals surface area (Å²) in [7, 11) is 0. The van der Waals surface area contributed by atoms with Gasteiger partial charge >= 0.3 is 5.97 Å². The van der Waals surface area contributed by atoms with Crippen molar-refractivity contribution in [3.63, 3.8) is 0 Å². The molecule has 0 amide bonds.